The Kier molecular flexibility index (Phi) is 4.52. The van der Waals surface area contributed by atoms with Gasteiger partial charge in [0.2, 0.25) is 0 Å². The first kappa shape index (κ1) is 15.7. The predicted molar refractivity (Wildman–Crippen MR) is 91.0 cm³/mol. The summed E-state index contributed by atoms with van der Waals surface area (Å²) in [5.41, 5.74) is 2.80. The molecule has 5 nitrogen and oxygen atoms in total. The van der Waals surface area contributed by atoms with Gasteiger partial charge in [-0.1, -0.05) is 36.4 Å². The molecule has 1 atom stereocenters. The van der Waals surface area contributed by atoms with Crippen molar-refractivity contribution >= 4 is 23.3 Å². The van der Waals surface area contributed by atoms with Crippen LogP contribution in [0, 0.1) is 10.1 Å². The maximum atomic E-state index is 11.8. The molecule has 0 amide bonds. The van der Waals surface area contributed by atoms with Gasteiger partial charge in [0.25, 0.3) is 5.69 Å². The highest BCUT2D eigenvalue weighted by Gasteiger charge is 2.20. The van der Waals surface area contributed by atoms with Gasteiger partial charge in [-0.3, -0.25) is 10.1 Å². The van der Waals surface area contributed by atoms with E-state index in [9.17, 15) is 14.9 Å². The molecule has 3 rings (SSSR count). The van der Waals surface area contributed by atoms with Crippen LogP contribution in [0.1, 0.15) is 17.5 Å². The fourth-order valence-electron chi connectivity index (χ4n) is 2.53. The first-order valence-electron chi connectivity index (χ1n) is 7.51. The number of nitrogens with zero attached hydrogens (tertiary/aromatic N) is 1. The van der Waals surface area contributed by atoms with Gasteiger partial charge < -0.3 is 4.74 Å². The van der Waals surface area contributed by atoms with E-state index >= 15 is 0 Å². The highest BCUT2D eigenvalue weighted by Crippen LogP contribution is 2.26. The molecule has 0 unspecified atom stereocenters. The second kappa shape index (κ2) is 6.91. The van der Waals surface area contributed by atoms with Crippen LogP contribution in [0.5, 0.6) is 0 Å². The van der Waals surface area contributed by atoms with E-state index in [1.165, 1.54) is 18.2 Å². The van der Waals surface area contributed by atoms with Crippen LogP contribution < -0.4 is 0 Å². The molecule has 0 N–H and O–H groups in total. The molecule has 5 heteroatoms. The van der Waals surface area contributed by atoms with Crippen molar-refractivity contribution in [2.24, 2.45) is 0 Å². The number of esters is 1. The number of hydrogen-bond donors (Lipinski definition) is 0. The number of cyclic esters (lactones) is 1. The first-order valence-corrected chi connectivity index (χ1v) is 7.51. The molecule has 2 aromatic rings. The third-order valence-corrected chi connectivity index (χ3v) is 3.73. The van der Waals surface area contributed by atoms with E-state index in [0.29, 0.717) is 6.42 Å². The summed E-state index contributed by atoms with van der Waals surface area (Å²) in [5, 5.41) is 10.6. The summed E-state index contributed by atoms with van der Waals surface area (Å²) in [7, 11) is 0. The molecule has 0 spiro atoms. The van der Waals surface area contributed by atoms with Gasteiger partial charge in [0.1, 0.15) is 6.10 Å². The number of benzene rings is 2. The van der Waals surface area contributed by atoms with Gasteiger partial charge in [0.15, 0.2) is 0 Å². The minimum atomic E-state index is -0.437. The zero-order chi connectivity index (χ0) is 16.9. The molecule has 2 aromatic carbocycles. The number of rotatable bonds is 4. The summed E-state index contributed by atoms with van der Waals surface area (Å²) in [5.74, 6) is -0.363. The van der Waals surface area contributed by atoms with Crippen molar-refractivity contribution in [2.75, 3.05) is 0 Å². The van der Waals surface area contributed by atoms with E-state index in [4.69, 9.17) is 4.74 Å². The van der Waals surface area contributed by atoms with Crippen molar-refractivity contribution in [2.45, 2.75) is 12.5 Å². The fourth-order valence-corrected chi connectivity index (χ4v) is 2.53. The Morgan fingerprint density at radius 2 is 1.79 bits per heavy atom. The summed E-state index contributed by atoms with van der Waals surface area (Å²) >= 11 is 0. The Morgan fingerprint density at radius 3 is 2.46 bits per heavy atom. The lowest BCUT2D eigenvalue weighted by molar-refractivity contribution is -0.384. The lowest BCUT2D eigenvalue weighted by atomic mass is 9.97. The zero-order valence-corrected chi connectivity index (χ0v) is 12.8. The summed E-state index contributed by atoms with van der Waals surface area (Å²) in [6, 6.07) is 15.9. The van der Waals surface area contributed by atoms with Gasteiger partial charge in [-0.15, -0.1) is 0 Å². The largest absolute Gasteiger partial charge is 0.455 e. The topological polar surface area (TPSA) is 69.4 Å². The first-order chi connectivity index (χ1) is 11.6. The van der Waals surface area contributed by atoms with Gasteiger partial charge in [0, 0.05) is 24.6 Å². The average molecular weight is 321 g/mol. The van der Waals surface area contributed by atoms with Gasteiger partial charge >= 0.3 is 5.97 Å². The Labute approximate surface area is 139 Å². The molecule has 1 aliphatic heterocycles. The quantitative estimate of drug-likeness (QED) is 0.485. The van der Waals surface area contributed by atoms with Crippen LogP contribution in [-0.4, -0.2) is 17.0 Å². The van der Waals surface area contributed by atoms with Crippen LogP contribution >= 0.6 is 0 Å². The van der Waals surface area contributed by atoms with Crippen LogP contribution in [0.15, 0.2) is 66.7 Å². The molecule has 120 valence electrons. The Bertz CT molecular complexity index is 807. The van der Waals surface area contributed by atoms with E-state index in [1.807, 2.05) is 30.3 Å². The Balaban J connectivity index is 1.72. The van der Waals surface area contributed by atoms with Crippen LogP contribution in [0.25, 0.3) is 11.6 Å². The van der Waals surface area contributed by atoms with Crippen molar-refractivity contribution in [3.8, 4) is 0 Å². The number of nitro groups is 1. The number of hydrogen-bond acceptors (Lipinski definition) is 4. The lowest BCUT2D eigenvalue weighted by Gasteiger charge is -2.20. The van der Waals surface area contributed by atoms with Gasteiger partial charge in [0.05, 0.1) is 4.92 Å². The average Bonchev–Trinajstić information content (AvgIpc) is 2.60. The van der Waals surface area contributed by atoms with E-state index < -0.39 is 4.92 Å². The van der Waals surface area contributed by atoms with Crippen molar-refractivity contribution in [3.63, 3.8) is 0 Å². The normalized spacial score (nSPS) is 17.4. The van der Waals surface area contributed by atoms with Crippen LogP contribution in [-0.2, 0) is 9.53 Å². The van der Waals surface area contributed by atoms with Crippen LogP contribution in [0.3, 0.4) is 0 Å². The van der Waals surface area contributed by atoms with Gasteiger partial charge in [-0.2, -0.15) is 0 Å². The summed E-state index contributed by atoms with van der Waals surface area (Å²) < 4.78 is 5.31. The van der Waals surface area contributed by atoms with Gasteiger partial charge in [-0.25, -0.2) is 4.79 Å². The monoisotopic (exact) mass is 321 g/mol. The molecule has 0 aromatic heterocycles. The number of carbonyl (C=O) groups is 1. The number of nitro benzene ring substituents is 1. The molecule has 0 saturated heterocycles. The van der Waals surface area contributed by atoms with Crippen molar-refractivity contribution in [1.29, 1.82) is 0 Å². The summed E-state index contributed by atoms with van der Waals surface area (Å²) in [6.07, 6.45) is 5.36. The molecule has 24 heavy (non-hydrogen) atoms. The van der Waals surface area contributed by atoms with Crippen molar-refractivity contribution < 1.29 is 14.5 Å². The second-order valence-electron chi connectivity index (χ2n) is 5.42. The van der Waals surface area contributed by atoms with Gasteiger partial charge in [-0.05, 0) is 34.9 Å². The molecular formula is C19H15NO4. The Morgan fingerprint density at radius 1 is 1.08 bits per heavy atom. The third-order valence-electron chi connectivity index (χ3n) is 3.73. The van der Waals surface area contributed by atoms with Crippen LogP contribution in [0.2, 0.25) is 0 Å². The number of ether oxygens (including phenoxy) is 1. The summed E-state index contributed by atoms with van der Waals surface area (Å²) in [6.45, 7) is 0. The number of non-ortho nitro benzene ring substituents is 1. The lowest BCUT2D eigenvalue weighted by Crippen LogP contribution is -2.20. The fraction of sp³-hybridized carbons (Fsp3) is 0.105. The minimum Gasteiger partial charge on any atom is -0.455 e. The molecule has 0 aliphatic carbocycles. The van der Waals surface area contributed by atoms with Crippen molar-refractivity contribution in [1.82, 2.24) is 0 Å². The highest BCUT2D eigenvalue weighted by atomic mass is 16.6. The molecule has 0 fully saturated rings. The minimum absolute atomic E-state index is 0.0468. The smallest absolute Gasteiger partial charge is 0.331 e. The molecular weight excluding hydrogens is 306 g/mol. The number of carbonyl (C=O) groups excluding carboxylic acids is 1. The van der Waals surface area contributed by atoms with E-state index in [1.54, 1.807) is 24.3 Å². The molecule has 0 saturated carbocycles. The second-order valence-corrected chi connectivity index (χ2v) is 5.42. The summed E-state index contributed by atoms with van der Waals surface area (Å²) in [4.78, 5) is 22.0. The highest BCUT2D eigenvalue weighted by molar-refractivity contribution is 5.93. The molecule has 0 radical (unpaired) electrons. The standard InChI is InChI=1S/C19H15NO4/c21-19-13-16(15-4-2-1-3-5-15)12-18(24-19)11-8-14-6-9-17(10-7-14)20(22)23/h1-11,13,18H,12H2/b11-8+/t18-/m0/s1. The SMILES string of the molecule is O=C1C=C(c2ccccc2)C[C@H](/C=C/c2ccc([N+](=O)[O-])cc2)O1. The van der Waals surface area contributed by atoms with E-state index in [0.717, 1.165) is 16.7 Å². The third kappa shape index (κ3) is 3.76. The molecule has 1 aliphatic rings. The maximum absolute atomic E-state index is 11.8. The Hall–Kier alpha value is -3.21. The van der Waals surface area contributed by atoms with E-state index in [-0.39, 0.29) is 17.8 Å². The molecule has 0 bridgehead atoms. The van der Waals surface area contributed by atoms with E-state index in [2.05, 4.69) is 0 Å². The molecule has 1 heterocycles. The van der Waals surface area contributed by atoms with Crippen molar-refractivity contribution in [3.05, 3.63) is 88.0 Å². The maximum Gasteiger partial charge on any atom is 0.331 e. The van der Waals surface area contributed by atoms with Crippen LogP contribution in [0.4, 0.5) is 5.69 Å². The zero-order valence-electron chi connectivity index (χ0n) is 12.8. The predicted octanol–water partition coefficient (Wildman–Crippen LogP) is 4.01.